The molecule has 0 amide bonds. The Balaban J connectivity index is 0.00000144. The topological polar surface area (TPSA) is 52.0 Å². The Bertz CT molecular complexity index is 360. The standard InChI is InChI=1S/C12H16N4.2ClH/c13-5-4-12(11-3-1-2-6-15-11)16-9-7-14-8-10-16;;/h1-3,6,12,14H,4,7-10H2;2*1H/t12-;;/m0../s1. The Kier molecular flexibility index (Phi) is 8.69. The van der Waals surface area contributed by atoms with Crippen LogP contribution in [0.5, 0.6) is 0 Å². The molecule has 1 N–H and O–H groups in total. The van der Waals surface area contributed by atoms with E-state index < -0.39 is 0 Å². The highest BCUT2D eigenvalue weighted by atomic mass is 35.5. The van der Waals surface area contributed by atoms with E-state index in [4.69, 9.17) is 5.26 Å². The maximum absolute atomic E-state index is 8.91. The summed E-state index contributed by atoms with van der Waals surface area (Å²) in [5, 5.41) is 12.2. The first-order valence-corrected chi connectivity index (χ1v) is 5.64. The summed E-state index contributed by atoms with van der Waals surface area (Å²) in [6.07, 6.45) is 2.30. The third-order valence-electron chi connectivity index (χ3n) is 2.91. The fourth-order valence-electron chi connectivity index (χ4n) is 2.07. The van der Waals surface area contributed by atoms with Gasteiger partial charge in [0.05, 0.1) is 24.2 Å². The van der Waals surface area contributed by atoms with Crippen LogP contribution in [0.1, 0.15) is 18.2 Å². The zero-order chi connectivity index (χ0) is 11.2. The summed E-state index contributed by atoms with van der Waals surface area (Å²) in [6, 6.07) is 8.30. The van der Waals surface area contributed by atoms with E-state index in [1.54, 1.807) is 6.20 Å². The fourth-order valence-corrected chi connectivity index (χ4v) is 2.07. The SMILES string of the molecule is Cl.Cl.N#CC[C@@H](c1ccccn1)N1CCNCC1. The van der Waals surface area contributed by atoms with Crippen molar-refractivity contribution in [3.05, 3.63) is 30.1 Å². The summed E-state index contributed by atoms with van der Waals surface area (Å²) in [7, 11) is 0. The molecule has 1 aliphatic heterocycles. The molecule has 18 heavy (non-hydrogen) atoms. The molecule has 1 aromatic heterocycles. The van der Waals surface area contributed by atoms with Crippen molar-refractivity contribution in [3.8, 4) is 6.07 Å². The predicted molar refractivity (Wildman–Crippen MR) is 76.1 cm³/mol. The lowest BCUT2D eigenvalue weighted by atomic mass is 10.1. The summed E-state index contributed by atoms with van der Waals surface area (Å²) in [5.74, 6) is 0. The molecule has 1 fully saturated rings. The molecule has 0 bridgehead atoms. The molecule has 1 saturated heterocycles. The number of piperazine rings is 1. The van der Waals surface area contributed by atoms with Gasteiger partial charge in [0, 0.05) is 32.4 Å². The third-order valence-corrected chi connectivity index (χ3v) is 2.91. The van der Waals surface area contributed by atoms with Crippen LogP contribution in [0.4, 0.5) is 0 Å². The van der Waals surface area contributed by atoms with Crippen molar-refractivity contribution in [3.63, 3.8) is 0 Å². The van der Waals surface area contributed by atoms with Crippen LogP contribution in [0, 0.1) is 11.3 Å². The summed E-state index contributed by atoms with van der Waals surface area (Å²) in [5.41, 5.74) is 1.01. The Morgan fingerprint density at radius 1 is 1.33 bits per heavy atom. The number of hydrogen-bond donors (Lipinski definition) is 1. The molecule has 0 unspecified atom stereocenters. The van der Waals surface area contributed by atoms with E-state index in [1.165, 1.54) is 0 Å². The molecule has 1 aliphatic rings. The van der Waals surface area contributed by atoms with Crippen LogP contribution in [-0.4, -0.2) is 36.1 Å². The molecular weight excluding hydrogens is 271 g/mol. The second-order valence-electron chi connectivity index (χ2n) is 3.92. The van der Waals surface area contributed by atoms with E-state index >= 15 is 0 Å². The molecule has 100 valence electrons. The summed E-state index contributed by atoms with van der Waals surface area (Å²) in [6.45, 7) is 3.97. The first-order valence-electron chi connectivity index (χ1n) is 5.64. The first-order chi connectivity index (χ1) is 7.92. The maximum atomic E-state index is 8.91. The van der Waals surface area contributed by atoms with Gasteiger partial charge in [0.15, 0.2) is 0 Å². The minimum absolute atomic E-state index is 0. The molecule has 4 nitrogen and oxygen atoms in total. The van der Waals surface area contributed by atoms with Crippen LogP contribution in [0.3, 0.4) is 0 Å². The highest BCUT2D eigenvalue weighted by Crippen LogP contribution is 2.22. The van der Waals surface area contributed by atoms with Crippen LogP contribution in [0.15, 0.2) is 24.4 Å². The molecule has 6 heteroatoms. The lowest BCUT2D eigenvalue weighted by Crippen LogP contribution is -2.45. The van der Waals surface area contributed by atoms with Gasteiger partial charge in [-0.15, -0.1) is 24.8 Å². The number of rotatable bonds is 3. The van der Waals surface area contributed by atoms with Crippen molar-refractivity contribution in [1.29, 1.82) is 5.26 Å². The van der Waals surface area contributed by atoms with E-state index in [2.05, 4.69) is 21.3 Å². The number of nitriles is 1. The average Bonchev–Trinajstić information content (AvgIpc) is 2.38. The average molecular weight is 289 g/mol. The fraction of sp³-hybridized carbons (Fsp3) is 0.500. The second kappa shape index (κ2) is 9.12. The molecule has 0 aliphatic carbocycles. The van der Waals surface area contributed by atoms with Crippen LogP contribution >= 0.6 is 24.8 Å². The van der Waals surface area contributed by atoms with Crippen molar-refractivity contribution in [2.24, 2.45) is 0 Å². The van der Waals surface area contributed by atoms with Gasteiger partial charge in [0.1, 0.15) is 0 Å². The maximum Gasteiger partial charge on any atom is 0.0652 e. The molecular formula is C12H18Cl2N4. The summed E-state index contributed by atoms with van der Waals surface area (Å²) < 4.78 is 0. The van der Waals surface area contributed by atoms with Gasteiger partial charge in [-0.3, -0.25) is 9.88 Å². The number of nitrogens with one attached hydrogen (secondary N) is 1. The van der Waals surface area contributed by atoms with Crippen LogP contribution in [0.25, 0.3) is 0 Å². The van der Waals surface area contributed by atoms with Crippen LogP contribution in [0.2, 0.25) is 0 Å². The van der Waals surface area contributed by atoms with Crippen molar-refractivity contribution >= 4 is 24.8 Å². The largest absolute Gasteiger partial charge is 0.314 e. The van der Waals surface area contributed by atoms with Gasteiger partial charge < -0.3 is 5.32 Å². The highest BCUT2D eigenvalue weighted by Gasteiger charge is 2.22. The van der Waals surface area contributed by atoms with E-state index in [0.29, 0.717) is 6.42 Å². The van der Waals surface area contributed by atoms with Gasteiger partial charge in [0.25, 0.3) is 0 Å². The highest BCUT2D eigenvalue weighted by molar-refractivity contribution is 5.85. The van der Waals surface area contributed by atoms with Crippen LogP contribution < -0.4 is 5.32 Å². The lowest BCUT2D eigenvalue weighted by molar-refractivity contribution is 0.172. The van der Waals surface area contributed by atoms with Gasteiger partial charge in [-0.05, 0) is 12.1 Å². The third kappa shape index (κ3) is 4.43. The molecule has 2 heterocycles. The number of halogens is 2. The Hall–Kier alpha value is -0.860. The van der Waals surface area contributed by atoms with Crippen molar-refractivity contribution in [2.75, 3.05) is 26.2 Å². The molecule has 0 saturated carbocycles. The monoisotopic (exact) mass is 288 g/mol. The van der Waals surface area contributed by atoms with Gasteiger partial charge in [-0.2, -0.15) is 5.26 Å². The van der Waals surface area contributed by atoms with Gasteiger partial charge in [0.2, 0.25) is 0 Å². The minimum Gasteiger partial charge on any atom is -0.314 e. The van der Waals surface area contributed by atoms with Crippen molar-refractivity contribution in [1.82, 2.24) is 15.2 Å². The van der Waals surface area contributed by atoms with Gasteiger partial charge in [-0.25, -0.2) is 0 Å². The Morgan fingerprint density at radius 3 is 2.61 bits per heavy atom. The summed E-state index contributed by atoms with van der Waals surface area (Å²) >= 11 is 0. The molecule has 1 aromatic rings. The normalized spacial score (nSPS) is 16.8. The smallest absolute Gasteiger partial charge is 0.0652 e. The number of pyridine rings is 1. The molecule has 0 aromatic carbocycles. The number of nitrogens with zero attached hydrogens (tertiary/aromatic N) is 3. The van der Waals surface area contributed by atoms with Crippen molar-refractivity contribution < 1.29 is 0 Å². The predicted octanol–water partition coefficient (Wildman–Crippen LogP) is 1.79. The van der Waals surface area contributed by atoms with Crippen molar-refractivity contribution in [2.45, 2.75) is 12.5 Å². The van der Waals surface area contributed by atoms with E-state index in [1.807, 2.05) is 18.2 Å². The number of hydrogen-bond acceptors (Lipinski definition) is 4. The molecule has 0 spiro atoms. The minimum atomic E-state index is 0. The molecule has 1 atom stereocenters. The molecule has 0 radical (unpaired) electrons. The zero-order valence-corrected chi connectivity index (χ0v) is 11.7. The van der Waals surface area contributed by atoms with Gasteiger partial charge >= 0.3 is 0 Å². The van der Waals surface area contributed by atoms with E-state index in [-0.39, 0.29) is 30.9 Å². The summed E-state index contributed by atoms with van der Waals surface area (Å²) in [4.78, 5) is 6.70. The zero-order valence-electron chi connectivity index (χ0n) is 10.1. The lowest BCUT2D eigenvalue weighted by Gasteiger charge is -2.33. The van der Waals surface area contributed by atoms with E-state index in [0.717, 1.165) is 31.9 Å². The Morgan fingerprint density at radius 2 is 2.06 bits per heavy atom. The number of aromatic nitrogens is 1. The quantitative estimate of drug-likeness (QED) is 0.921. The van der Waals surface area contributed by atoms with E-state index in [9.17, 15) is 0 Å². The van der Waals surface area contributed by atoms with Gasteiger partial charge in [-0.1, -0.05) is 6.07 Å². The van der Waals surface area contributed by atoms with Crippen LogP contribution in [-0.2, 0) is 0 Å². The Labute approximate surface area is 120 Å². The second-order valence-corrected chi connectivity index (χ2v) is 3.92. The first kappa shape index (κ1) is 17.1. The molecule has 2 rings (SSSR count).